The van der Waals surface area contributed by atoms with Gasteiger partial charge in [-0.05, 0) is 36.8 Å². The molecule has 0 fully saturated rings. The molecule has 0 unspecified atom stereocenters. The quantitative estimate of drug-likeness (QED) is 0.700. The third kappa shape index (κ3) is 2.74. The zero-order chi connectivity index (χ0) is 12.4. The number of hydrogen-bond donors (Lipinski definition) is 0. The smallest absolute Gasteiger partial charge is 0.0720 e. The first-order valence-electron chi connectivity index (χ1n) is 5.09. The van der Waals surface area contributed by atoms with Gasteiger partial charge in [0.25, 0.3) is 0 Å². The standard InChI is InChI=1S/C13H10Cl3N/c1-8-9(7-14)2-5-13(17-8)11-4-3-10(15)6-12(11)16/h2-6H,7H2,1H3. The number of hydrogen-bond acceptors (Lipinski definition) is 1. The van der Waals surface area contributed by atoms with Crippen molar-refractivity contribution in [3.8, 4) is 11.3 Å². The molecule has 1 aromatic carbocycles. The van der Waals surface area contributed by atoms with Crippen LogP contribution in [0.25, 0.3) is 11.3 Å². The molecule has 0 aliphatic carbocycles. The van der Waals surface area contributed by atoms with Gasteiger partial charge < -0.3 is 0 Å². The van der Waals surface area contributed by atoms with Crippen LogP contribution in [-0.4, -0.2) is 4.98 Å². The molecule has 0 amide bonds. The van der Waals surface area contributed by atoms with Crippen LogP contribution >= 0.6 is 34.8 Å². The Labute approximate surface area is 115 Å². The minimum Gasteiger partial charge on any atom is -0.253 e. The highest BCUT2D eigenvalue weighted by atomic mass is 35.5. The third-order valence-electron chi connectivity index (χ3n) is 2.55. The van der Waals surface area contributed by atoms with Gasteiger partial charge in [0.2, 0.25) is 0 Å². The predicted octanol–water partition coefficient (Wildman–Crippen LogP) is 5.10. The van der Waals surface area contributed by atoms with Gasteiger partial charge in [0, 0.05) is 22.2 Å². The average Bonchev–Trinajstić information content (AvgIpc) is 2.29. The van der Waals surface area contributed by atoms with Crippen molar-refractivity contribution in [1.29, 1.82) is 0 Å². The number of aryl methyl sites for hydroxylation is 1. The number of rotatable bonds is 2. The summed E-state index contributed by atoms with van der Waals surface area (Å²) in [5.74, 6) is 0.466. The second-order valence-corrected chi connectivity index (χ2v) is 4.81. The summed E-state index contributed by atoms with van der Waals surface area (Å²) in [5.41, 5.74) is 3.65. The van der Waals surface area contributed by atoms with Crippen LogP contribution in [0.5, 0.6) is 0 Å². The van der Waals surface area contributed by atoms with Gasteiger partial charge in [-0.1, -0.05) is 29.3 Å². The largest absolute Gasteiger partial charge is 0.253 e. The molecule has 0 aliphatic rings. The summed E-state index contributed by atoms with van der Waals surface area (Å²) in [4.78, 5) is 4.49. The Morgan fingerprint density at radius 2 is 1.88 bits per heavy atom. The maximum atomic E-state index is 6.14. The van der Waals surface area contributed by atoms with Crippen LogP contribution in [0.2, 0.25) is 10.0 Å². The average molecular weight is 287 g/mol. The van der Waals surface area contributed by atoms with Gasteiger partial charge >= 0.3 is 0 Å². The van der Waals surface area contributed by atoms with Crippen molar-refractivity contribution in [1.82, 2.24) is 4.98 Å². The van der Waals surface area contributed by atoms with E-state index in [4.69, 9.17) is 34.8 Å². The summed E-state index contributed by atoms with van der Waals surface area (Å²) >= 11 is 17.8. The van der Waals surface area contributed by atoms with Gasteiger partial charge in [-0.25, -0.2) is 0 Å². The maximum Gasteiger partial charge on any atom is 0.0720 e. The SMILES string of the molecule is Cc1nc(-c2ccc(Cl)cc2Cl)ccc1CCl. The molecule has 0 N–H and O–H groups in total. The van der Waals surface area contributed by atoms with Crippen LogP contribution in [0.15, 0.2) is 30.3 Å². The molecule has 0 bridgehead atoms. The second-order valence-electron chi connectivity index (χ2n) is 3.70. The molecule has 1 heterocycles. The molecule has 17 heavy (non-hydrogen) atoms. The van der Waals surface area contributed by atoms with Crippen molar-refractivity contribution < 1.29 is 0 Å². The van der Waals surface area contributed by atoms with E-state index in [1.165, 1.54) is 0 Å². The zero-order valence-electron chi connectivity index (χ0n) is 9.17. The highest BCUT2D eigenvalue weighted by Gasteiger charge is 2.07. The first-order valence-corrected chi connectivity index (χ1v) is 6.39. The van der Waals surface area contributed by atoms with E-state index in [1.54, 1.807) is 12.1 Å². The lowest BCUT2D eigenvalue weighted by molar-refractivity contribution is 1.14. The maximum absolute atomic E-state index is 6.14. The molecule has 2 rings (SSSR count). The molecular formula is C13H10Cl3N. The van der Waals surface area contributed by atoms with Gasteiger partial charge in [0.15, 0.2) is 0 Å². The van der Waals surface area contributed by atoms with Gasteiger partial charge in [-0.15, -0.1) is 11.6 Å². The summed E-state index contributed by atoms with van der Waals surface area (Å²) in [6, 6.07) is 9.27. The van der Waals surface area contributed by atoms with E-state index in [9.17, 15) is 0 Å². The fraction of sp³-hybridized carbons (Fsp3) is 0.154. The summed E-state index contributed by atoms with van der Waals surface area (Å²) in [6.45, 7) is 1.94. The van der Waals surface area contributed by atoms with Crippen molar-refractivity contribution in [3.63, 3.8) is 0 Å². The number of halogens is 3. The molecule has 0 radical (unpaired) electrons. The van der Waals surface area contributed by atoms with E-state index >= 15 is 0 Å². The number of nitrogens with zero attached hydrogens (tertiary/aromatic N) is 1. The lowest BCUT2D eigenvalue weighted by Gasteiger charge is -2.07. The molecule has 0 atom stereocenters. The Balaban J connectivity index is 2.50. The first-order chi connectivity index (χ1) is 8.11. The zero-order valence-corrected chi connectivity index (χ0v) is 11.4. The highest BCUT2D eigenvalue weighted by molar-refractivity contribution is 6.36. The minimum atomic E-state index is 0.466. The van der Waals surface area contributed by atoms with Crippen molar-refractivity contribution >= 4 is 34.8 Å². The van der Waals surface area contributed by atoms with E-state index in [-0.39, 0.29) is 0 Å². The monoisotopic (exact) mass is 285 g/mol. The number of alkyl halides is 1. The predicted molar refractivity (Wildman–Crippen MR) is 74.0 cm³/mol. The summed E-state index contributed by atoms with van der Waals surface area (Å²) in [5, 5.41) is 1.22. The van der Waals surface area contributed by atoms with E-state index < -0.39 is 0 Å². The topological polar surface area (TPSA) is 12.9 Å². The summed E-state index contributed by atoms with van der Waals surface area (Å²) in [7, 11) is 0. The summed E-state index contributed by atoms with van der Waals surface area (Å²) < 4.78 is 0. The van der Waals surface area contributed by atoms with Crippen LogP contribution < -0.4 is 0 Å². The molecule has 2 aromatic rings. The molecule has 4 heteroatoms. The normalized spacial score (nSPS) is 10.6. The highest BCUT2D eigenvalue weighted by Crippen LogP contribution is 2.29. The molecule has 0 aliphatic heterocycles. The molecule has 0 spiro atoms. The molecule has 1 aromatic heterocycles. The van der Waals surface area contributed by atoms with Gasteiger partial charge in [0.05, 0.1) is 10.7 Å². The molecule has 0 saturated carbocycles. The Morgan fingerprint density at radius 1 is 1.12 bits per heavy atom. The molecule has 88 valence electrons. The van der Waals surface area contributed by atoms with Crippen molar-refractivity contribution in [2.75, 3.05) is 0 Å². The van der Waals surface area contributed by atoms with Crippen LogP contribution in [0.4, 0.5) is 0 Å². The molecule has 1 nitrogen and oxygen atoms in total. The fourth-order valence-corrected chi connectivity index (χ4v) is 2.37. The lowest BCUT2D eigenvalue weighted by atomic mass is 10.1. The third-order valence-corrected chi connectivity index (χ3v) is 3.38. The summed E-state index contributed by atoms with van der Waals surface area (Å²) in [6.07, 6.45) is 0. The molecule has 0 saturated heterocycles. The second kappa shape index (κ2) is 5.26. The van der Waals surface area contributed by atoms with Crippen LogP contribution in [0.3, 0.4) is 0 Å². The Kier molecular flexibility index (Phi) is 3.93. The van der Waals surface area contributed by atoms with E-state index in [2.05, 4.69) is 4.98 Å². The van der Waals surface area contributed by atoms with E-state index in [0.29, 0.717) is 15.9 Å². The van der Waals surface area contributed by atoms with Gasteiger partial charge in [0.1, 0.15) is 0 Å². The van der Waals surface area contributed by atoms with E-state index in [0.717, 1.165) is 22.5 Å². The van der Waals surface area contributed by atoms with Crippen molar-refractivity contribution in [3.05, 3.63) is 51.6 Å². The molecular weight excluding hydrogens is 277 g/mol. The minimum absolute atomic E-state index is 0.466. The Bertz CT molecular complexity index is 552. The van der Waals surface area contributed by atoms with Crippen LogP contribution in [0.1, 0.15) is 11.3 Å². The lowest BCUT2D eigenvalue weighted by Crippen LogP contribution is -1.92. The van der Waals surface area contributed by atoms with Gasteiger partial charge in [-0.2, -0.15) is 0 Å². The van der Waals surface area contributed by atoms with Crippen molar-refractivity contribution in [2.24, 2.45) is 0 Å². The van der Waals surface area contributed by atoms with E-state index in [1.807, 2.05) is 25.1 Å². The number of benzene rings is 1. The fourth-order valence-electron chi connectivity index (χ4n) is 1.58. The number of aromatic nitrogens is 1. The number of pyridine rings is 1. The van der Waals surface area contributed by atoms with Crippen LogP contribution in [-0.2, 0) is 5.88 Å². The van der Waals surface area contributed by atoms with Crippen LogP contribution in [0, 0.1) is 6.92 Å². The Morgan fingerprint density at radius 3 is 2.47 bits per heavy atom. The Hall–Kier alpha value is -0.760. The van der Waals surface area contributed by atoms with Crippen molar-refractivity contribution in [2.45, 2.75) is 12.8 Å². The first kappa shape index (κ1) is 12.7. The van der Waals surface area contributed by atoms with Gasteiger partial charge in [-0.3, -0.25) is 4.98 Å².